The Morgan fingerprint density at radius 1 is 1.30 bits per heavy atom. The summed E-state index contributed by atoms with van der Waals surface area (Å²) >= 11 is 0. The van der Waals surface area contributed by atoms with Gasteiger partial charge in [-0.3, -0.25) is 9.59 Å². The van der Waals surface area contributed by atoms with Gasteiger partial charge in [0, 0.05) is 0 Å². The van der Waals surface area contributed by atoms with E-state index in [0.717, 1.165) is 0 Å². The smallest absolute Gasteiger partial charge is 0.443 e. The van der Waals surface area contributed by atoms with Gasteiger partial charge < -0.3 is 10.3 Å². The number of amides is 1. The van der Waals surface area contributed by atoms with E-state index in [4.69, 9.17) is 5.53 Å². The maximum absolute atomic E-state index is 12.3. The van der Waals surface area contributed by atoms with Crippen LogP contribution >= 0.6 is 0 Å². The summed E-state index contributed by atoms with van der Waals surface area (Å²) in [5.41, 5.74) is 7.70. The van der Waals surface area contributed by atoms with Crippen molar-refractivity contribution in [1.29, 1.82) is 0 Å². The summed E-state index contributed by atoms with van der Waals surface area (Å²) in [6, 6.07) is 5.47. The third kappa shape index (κ3) is 2.77. The Morgan fingerprint density at radius 2 is 1.96 bits per heavy atom. The van der Waals surface area contributed by atoms with Gasteiger partial charge in [-0.25, -0.2) is 17.5 Å². The third-order valence-corrected chi connectivity index (χ3v) is 4.82. The van der Waals surface area contributed by atoms with E-state index in [9.17, 15) is 22.8 Å². The van der Waals surface area contributed by atoms with E-state index < -0.39 is 39.9 Å². The minimum absolute atomic E-state index is 0.0704. The predicted octanol–water partition coefficient (Wildman–Crippen LogP) is -0.366. The maximum Gasteiger partial charge on any atom is 0.443 e. The molecule has 0 radical (unpaired) electrons. The van der Waals surface area contributed by atoms with Crippen molar-refractivity contribution in [2.45, 2.75) is 11.8 Å². The van der Waals surface area contributed by atoms with Crippen LogP contribution in [0.25, 0.3) is 5.53 Å². The van der Waals surface area contributed by atoms with Gasteiger partial charge in [-0.2, -0.15) is 4.79 Å². The molecular weight excluding hydrogens is 326 g/mol. The summed E-state index contributed by atoms with van der Waals surface area (Å²) in [5, 5.41) is 0. The minimum atomic E-state index is -4.20. The van der Waals surface area contributed by atoms with E-state index in [2.05, 4.69) is 9.53 Å². The molecule has 0 fully saturated rings. The van der Waals surface area contributed by atoms with Crippen LogP contribution in [0.4, 0.5) is 0 Å². The minimum Gasteiger partial charge on any atom is -0.457 e. The van der Waals surface area contributed by atoms with Crippen LogP contribution in [-0.4, -0.2) is 54.0 Å². The molecule has 1 aliphatic rings. The Hall–Kier alpha value is -2.84. The zero-order valence-electron chi connectivity index (χ0n) is 11.9. The van der Waals surface area contributed by atoms with Gasteiger partial charge in [0.05, 0.1) is 12.2 Å². The molecule has 0 aliphatic carbocycles. The van der Waals surface area contributed by atoms with Gasteiger partial charge in [0.15, 0.2) is 0 Å². The number of rotatable bonds is 5. The summed E-state index contributed by atoms with van der Waals surface area (Å²) in [4.78, 5) is 37.9. The summed E-state index contributed by atoms with van der Waals surface area (Å²) in [7, 11) is -4.20. The molecule has 0 bridgehead atoms. The number of ketones is 1. The molecule has 10 heteroatoms. The molecule has 1 heterocycles. The first-order chi connectivity index (χ1) is 10.8. The highest BCUT2D eigenvalue weighted by Crippen LogP contribution is 2.29. The van der Waals surface area contributed by atoms with E-state index in [1.807, 2.05) is 0 Å². The van der Waals surface area contributed by atoms with Crippen molar-refractivity contribution in [3.8, 4) is 0 Å². The summed E-state index contributed by atoms with van der Waals surface area (Å²) in [5.74, 6) is -3.26. The van der Waals surface area contributed by atoms with Crippen molar-refractivity contribution in [3.63, 3.8) is 0 Å². The van der Waals surface area contributed by atoms with Crippen LogP contribution in [0.2, 0.25) is 0 Å². The Balaban J connectivity index is 2.32. The van der Waals surface area contributed by atoms with Gasteiger partial charge in [0.1, 0.15) is 11.4 Å². The Bertz CT molecular complexity index is 854. The molecule has 0 spiro atoms. The number of nitrogens with zero attached hydrogens (tertiary/aromatic N) is 3. The second-order valence-electron chi connectivity index (χ2n) is 4.41. The lowest BCUT2D eigenvalue weighted by atomic mass is 10.2. The highest BCUT2D eigenvalue weighted by molar-refractivity contribution is 7.90. The molecule has 0 unspecified atom stereocenters. The van der Waals surface area contributed by atoms with Crippen LogP contribution in [0.1, 0.15) is 17.3 Å². The fraction of sp³-hybridized carbons (Fsp3) is 0.231. The van der Waals surface area contributed by atoms with Crippen molar-refractivity contribution in [3.05, 3.63) is 35.4 Å². The Labute approximate surface area is 131 Å². The van der Waals surface area contributed by atoms with Crippen molar-refractivity contribution in [1.82, 2.24) is 4.31 Å². The van der Waals surface area contributed by atoms with Gasteiger partial charge in [-0.05, 0) is 19.1 Å². The lowest BCUT2D eigenvalue weighted by Crippen LogP contribution is -2.40. The summed E-state index contributed by atoms with van der Waals surface area (Å²) in [6.07, 6.45) is 0. The van der Waals surface area contributed by atoms with Crippen LogP contribution in [0.5, 0.6) is 0 Å². The van der Waals surface area contributed by atoms with Crippen LogP contribution in [0.15, 0.2) is 29.2 Å². The van der Waals surface area contributed by atoms with Crippen molar-refractivity contribution in [2.24, 2.45) is 0 Å². The molecule has 1 aliphatic heterocycles. The van der Waals surface area contributed by atoms with Gasteiger partial charge in [0.25, 0.3) is 21.7 Å². The summed E-state index contributed by atoms with van der Waals surface area (Å²) < 4.78 is 29.4. The molecule has 0 N–H and O–H groups in total. The molecular formula is C13H11N3O6S. The number of esters is 1. The molecule has 0 aromatic heterocycles. The van der Waals surface area contributed by atoms with Gasteiger partial charge in [-0.15, -0.1) is 0 Å². The molecule has 0 saturated heterocycles. The first kappa shape index (κ1) is 16.5. The van der Waals surface area contributed by atoms with Crippen molar-refractivity contribution >= 4 is 33.4 Å². The lowest BCUT2D eigenvalue weighted by Gasteiger charge is -2.12. The fourth-order valence-electron chi connectivity index (χ4n) is 2.00. The molecule has 23 heavy (non-hydrogen) atoms. The van der Waals surface area contributed by atoms with E-state index in [1.54, 1.807) is 0 Å². The number of hydrogen-bond acceptors (Lipinski definition) is 6. The van der Waals surface area contributed by atoms with E-state index in [0.29, 0.717) is 4.31 Å². The third-order valence-electron chi connectivity index (χ3n) is 3.03. The molecule has 120 valence electrons. The van der Waals surface area contributed by atoms with Crippen LogP contribution in [0.3, 0.4) is 0 Å². The van der Waals surface area contributed by atoms with Crippen molar-refractivity contribution in [2.75, 3.05) is 13.2 Å². The van der Waals surface area contributed by atoms with Gasteiger partial charge in [-0.1, -0.05) is 12.1 Å². The number of fused-ring (bicyclic) bond motifs is 1. The van der Waals surface area contributed by atoms with Gasteiger partial charge >= 0.3 is 11.7 Å². The SMILES string of the molecule is CCOC(=O)C(=[N+]=[N-])C(=O)CN1C(=O)c2ccccc2S1(=O)=O. The average molecular weight is 337 g/mol. The second kappa shape index (κ2) is 6.11. The zero-order chi connectivity index (χ0) is 17.2. The van der Waals surface area contributed by atoms with E-state index >= 15 is 0 Å². The van der Waals surface area contributed by atoms with E-state index in [1.165, 1.54) is 31.2 Å². The van der Waals surface area contributed by atoms with E-state index in [-0.39, 0.29) is 17.1 Å². The zero-order valence-corrected chi connectivity index (χ0v) is 12.7. The maximum atomic E-state index is 12.3. The molecule has 9 nitrogen and oxygen atoms in total. The monoisotopic (exact) mass is 337 g/mol. The first-order valence-electron chi connectivity index (χ1n) is 6.43. The number of Topliss-reactive ketones (excluding diaryl/α,β-unsaturated/α-hetero) is 1. The number of benzene rings is 1. The highest BCUT2D eigenvalue weighted by Gasteiger charge is 2.44. The fourth-order valence-corrected chi connectivity index (χ4v) is 3.53. The number of carbonyl (C=O) groups is 3. The molecule has 0 atom stereocenters. The lowest BCUT2D eigenvalue weighted by molar-refractivity contribution is -0.141. The van der Waals surface area contributed by atoms with Crippen LogP contribution in [-0.2, 0) is 24.3 Å². The molecule has 2 rings (SSSR count). The van der Waals surface area contributed by atoms with Crippen molar-refractivity contribution < 1.29 is 32.3 Å². The van der Waals surface area contributed by atoms with Crippen LogP contribution < -0.4 is 0 Å². The number of ether oxygens (including phenoxy) is 1. The standard InChI is InChI=1S/C13H11N3O6S/c1-2-22-13(19)11(15-14)9(17)7-16-12(18)8-5-3-4-6-10(8)23(16,20)21/h3-6H,2,7H2,1H3. The molecule has 0 saturated carbocycles. The topological polar surface area (TPSA) is 134 Å². The van der Waals surface area contributed by atoms with Gasteiger partial charge in [0.2, 0.25) is 0 Å². The normalized spacial score (nSPS) is 14.8. The largest absolute Gasteiger partial charge is 0.457 e. The molecule has 1 amide bonds. The molecule has 1 aromatic carbocycles. The van der Waals surface area contributed by atoms with Crippen LogP contribution in [0, 0.1) is 0 Å². The highest BCUT2D eigenvalue weighted by atomic mass is 32.2. The second-order valence-corrected chi connectivity index (χ2v) is 6.24. The quantitative estimate of drug-likeness (QED) is 0.237. The number of hydrogen-bond donors (Lipinski definition) is 0. The summed E-state index contributed by atoms with van der Waals surface area (Å²) in [6.45, 7) is 0.439. The first-order valence-corrected chi connectivity index (χ1v) is 7.87. The number of sulfonamides is 1. The Kier molecular flexibility index (Phi) is 4.39. The average Bonchev–Trinajstić information content (AvgIpc) is 2.70. The molecule has 1 aromatic rings. The number of carbonyl (C=O) groups excluding carboxylic acids is 3. The predicted molar refractivity (Wildman–Crippen MR) is 74.9 cm³/mol. The Morgan fingerprint density at radius 3 is 2.52 bits per heavy atom.